The van der Waals surface area contributed by atoms with Crippen LogP contribution in [-0.2, 0) is 16.0 Å². The van der Waals surface area contributed by atoms with Crippen molar-refractivity contribution in [3.8, 4) is 11.5 Å². The highest BCUT2D eigenvalue weighted by Crippen LogP contribution is 2.44. The number of alkyl carbamates (subject to hydrolysis) is 1. The Bertz CT molecular complexity index is 1560. The van der Waals surface area contributed by atoms with Crippen LogP contribution in [0.15, 0.2) is 60.7 Å². The van der Waals surface area contributed by atoms with Crippen molar-refractivity contribution in [2.45, 2.75) is 96.9 Å². The number of carbonyl (C=O) groups is 2. The first-order valence-corrected chi connectivity index (χ1v) is 17.5. The Morgan fingerprint density at radius 3 is 2.29 bits per heavy atom. The molecule has 2 atom stereocenters. The number of carbonyl (C=O) groups excluding carboxylic acids is 2. The molecule has 3 aromatic rings. The molecule has 8 nitrogen and oxygen atoms in total. The molecule has 1 unspecified atom stereocenters. The summed E-state index contributed by atoms with van der Waals surface area (Å²) in [4.78, 5) is 30.3. The molecule has 1 saturated carbocycles. The Balaban J connectivity index is 1.33. The molecule has 1 aliphatic carbocycles. The van der Waals surface area contributed by atoms with E-state index < -0.39 is 5.60 Å². The van der Waals surface area contributed by atoms with Crippen LogP contribution in [0.4, 0.5) is 16.2 Å². The Morgan fingerprint density at radius 1 is 1.02 bits per heavy atom. The van der Waals surface area contributed by atoms with Crippen LogP contribution < -0.4 is 24.6 Å². The van der Waals surface area contributed by atoms with Gasteiger partial charge in [0.2, 0.25) is 5.91 Å². The predicted octanol–water partition coefficient (Wildman–Crippen LogP) is 8.72. The summed E-state index contributed by atoms with van der Waals surface area (Å²) in [6.45, 7) is 10.7. The summed E-state index contributed by atoms with van der Waals surface area (Å²) in [5.74, 6) is 1.85. The topological polar surface area (TPSA) is 80.3 Å². The monoisotopic (exact) mass is 675 g/mol. The molecule has 0 radical (unpaired) electrons. The molecule has 1 fully saturated rings. The van der Waals surface area contributed by atoms with Crippen LogP contribution in [0.5, 0.6) is 11.5 Å². The van der Waals surface area contributed by atoms with Gasteiger partial charge in [-0.05, 0) is 131 Å². The maximum absolute atomic E-state index is 13.9. The lowest BCUT2D eigenvalue weighted by Crippen LogP contribution is -2.42. The lowest BCUT2D eigenvalue weighted by Gasteiger charge is -2.38. The Hall–Kier alpha value is -3.91. The van der Waals surface area contributed by atoms with Crippen LogP contribution in [0.2, 0.25) is 5.02 Å². The normalized spacial score (nSPS) is 20.0. The van der Waals surface area contributed by atoms with Crippen molar-refractivity contribution < 1.29 is 23.8 Å². The first-order chi connectivity index (χ1) is 22.8. The van der Waals surface area contributed by atoms with Gasteiger partial charge in [-0.2, -0.15) is 0 Å². The van der Waals surface area contributed by atoms with E-state index in [0.717, 1.165) is 66.7 Å². The zero-order valence-electron chi connectivity index (χ0n) is 29.3. The van der Waals surface area contributed by atoms with Gasteiger partial charge >= 0.3 is 6.09 Å². The van der Waals surface area contributed by atoms with Crippen molar-refractivity contribution in [1.82, 2.24) is 5.32 Å². The number of hydrogen-bond acceptors (Lipinski definition) is 6. The molecule has 1 aliphatic heterocycles. The van der Waals surface area contributed by atoms with Crippen LogP contribution in [0.25, 0.3) is 0 Å². The standard InChI is InChI=1S/C39H50ClN3O5/c1-8-25(2)47-35-23-33-28(21-34(35)46-7)22-36(44)43(37(33)27-11-13-29(40)14-12-27)32-19-17-31(18-20-32)42(6)24-26-9-15-30(16-10-26)41-38(45)48-39(3,4)5/h11-14,17-21,23,25-26,30,37H,8-10,15-16,22,24H2,1-7H3,(H,41,45)/t25-,26?,30?,37?/m1/s1. The number of nitrogens with zero attached hydrogens (tertiary/aromatic N) is 2. The van der Waals surface area contributed by atoms with Gasteiger partial charge in [0.1, 0.15) is 5.60 Å². The highest BCUT2D eigenvalue weighted by atomic mass is 35.5. The van der Waals surface area contributed by atoms with Crippen LogP contribution in [0.3, 0.4) is 0 Å². The third kappa shape index (κ3) is 8.56. The van der Waals surface area contributed by atoms with Gasteiger partial charge in [-0.15, -0.1) is 0 Å². The van der Waals surface area contributed by atoms with E-state index in [2.05, 4.69) is 36.3 Å². The molecule has 0 saturated heterocycles. The first-order valence-electron chi connectivity index (χ1n) is 17.1. The summed E-state index contributed by atoms with van der Waals surface area (Å²) in [6.07, 6.45) is 4.76. The fourth-order valence-electron chi connectivity index (χ4n) is 6.70. The summed E-state index contributed by atoms with van der Waals surface area (Å²) in [6, 6.07) is 19.8. The molecule has 1 heterocycles. The SMILES string of the molecule is CC[C@@H](C)Oc1cc2c(cc1OC)CC(=O)N(c1ccc(N(C)CC3CCC(NC(=O)OC(C)(C)C)CC3)cc1)C2c1ccc(Cl)cc1. The van der Waals surface area contributed by atoms with E-state index in [1.165, 1.54) is 0 Å². The van der Waals surface area contributed by atoms with Gasteiger partial charge in [-0.3, -0.25) is 4.79 Å². The van der Waals surface area contributed by atoms with Crippen molar-refractivity contribution in [2.75, 3.05) is 30.5 Å². The molecule has 2 aliphatic rings. The molecule has 2 amide bonds. The number of rotatable bonds is 10. The third-order valence-corrected chi connectivity index (χ3v) is 9.60. The zero-order valence-corrected chi connectivity index (χ0v) is 30.1. The number of ether oxygens (including phenoxy) is 3. The lowest BCUT2D eigenvalue weighted by atomic mass is 9.85. The fourth-order valence-corrected chi connectivity index (χ4v) is 6.83. The van der Waals surface area contributed by atoms with Crippen LogP contribution in [0, 0.1) is 5.92 Å². The second-order valence-corrected chi connectivity index (χ2v) is 14.6. The average molecular weight is 676 g/mol. The minimum atomic E-state index is -0.498. The maximum atomic E-state index is 13.9. The smallest absolute Gasteiger partial charge is 0.407 e. The molecule has 0 bridgehead atoms. The van der Waals surface area contributed by atoms with E-state index in [1.807, 2.05) is 81.1 Å². The Morgan fingerprint density at radius 2 is 1.69 bits per heavy atom. The van der Waals surface area contributed by atoms with Gasteiger partial charge in [-0.1, -0.05) is 30.7 Å². The number of benzene rings is 3. The number of amides is 2. The van der Waals surface area contributed by atoms with Crippen molar-refractivity contribution in [2.24, 2.45) is 5.92 Å². The van der Waals surface area contributed by atoms with E-state index in [9.17, 15) is 9.59 Å². The lowest BCUT2D eigenvalue weighted by molar-refractivity contribution is -0.118. The number of halogens is 1. The minimum absolute atomic E-state index is 0.0120. The molecule has 9 heteroatoms. The highest BCUT2D eigenvalue weighted by Gasteiger charge is 2.36. The van der Waals surface area contributed by atoms with Crippen molar-refractivity contribution in [3.63, 3.8) is 0 Å². The molecular formula is C39H50ClN3O5. The average Bonchev–Trinajstić information content (AvgIpc) is 3.04. The number of hydrogen-bond donors (Lipinski definition) is 1. The minimum Gasteiger partial charge on any atom is -0.493 e. The molecule has 0 aromatic heterocycles. The summed E-state index contributed by atoms with van der Waals surface area (Å²) < 4.78 is 17.4. The number of nitrogens with one attached hydrogen (secondary N) is 1. The summed E-state index contributed by atoms with van der Waals surface area (Å²) in [5, 5.41) is 3.68. The third-order valence-electron chi connectivity index (χ3n) is 9.35. The summed E-state index contributed by atoms with van der Waals surface area (Å²) in [5.41, 5.74) is 4.32. The first kappa shape index (κ1) is 35.4. The van der Waals surface area contributed by atoms with E-state index in [1.54, 1.807) is 7.11 Å². The Labute approximate surface area is 290 Å². The molecule has 48 heavy (non-hydrogen) atoms. The quantitative estimate of drug-likeness (QED) is 0.232. The van der Waals surface area contributed by atoms with Crippen molar-refractivity contribution in [1.29, 1.82) is 0 Å². The summed E-state index contributed by atoms with van der Waals surface area (Å²) >= 11 is 6.29. The number of methoxy groups -OCH3 is 1. The number of anilines is 2. The van der Waals surface area contributed by atoms with E-state index >= 15 is 0 Å². The van der Waals surface area contributed by atoms with Gasteiger partial charge in [0, 0.05) is 36.0 Å². The zero-order chi connectivity index (χ0) is 34.6. The van der Waals surface area contributed by atoms with E-state index in [-0.39, 0.29) is 36.6 Å². The molecule has 258 valence electrons. The van der Waals surface area contributed by atoms with Crippen molar-refractivity contribution in [3.05, 3.63) is 82.4 Å². The van der Waals surface area contributed by atoms with Gasteiger partial charge in [0.05, 0.1) is 25.7 Å². The Kier molecular flexibility index (Phi) is 11.1. The molecule has 5 rings (SSSR count). The molecular weight excluding hydrogens is 626 g/mol. The molecule has 0 spiro atoms. The van der Waals surface area contributed by atoms with Crippen LogP contribution in [-0.4, -0.2) is 50.4 Å². The van der Waals surface area contributed by atoms with E-state index in [0.29, 0.717) is 22.4 Å². The molecule has 3 aromatic carbocycles. The summed E-state index contributed by atoms with van der Waals surface area (Å²) in [7, 11) is 3.75. The predicted molar refractivity (Wildman–Crippen MR) is 193 cm³/mol. The second kappa shape index (κ2) is 15.1. The van der Waals surface area contributed by atoms with Gasteiger partial charge in [0.25, 0.3) is 0 Å². The second-order valence-electron chi connectivity index (χ2n) is 14.2. The van der Waals surface area contributed by atoms with Gasteiger partial charge < -0.3 is 29.3 Å². The van der Waals surface area contributed by atoms with Gasteiger partial charge in [-0.25, -0.2) is 4.79 Å². The van der Waals surface area contributed by atoms with E-state index in [4.69, 9.17) is 25.8 Å². The van der Waals surface area contributed by atoms with Crippen molar-refractivity contribution >= 4 is 35.0 Å². The molecule has 1 N–H and O–H groups in total. The largest absolute Gasteiger partial charge is 0.493 e. The van der Waals surface area contributed by atoms with Crippen LogP contribution in [0.1, 0.15) is 89.5 Å². The number of fused-ring (bicyclic) bond motifs is 1. The van der Waals surface area contributed by atoms with Crippen LogP contribution >= 0.6 is 11.6 Å². The highest BCUT2D eigenvalue weighted by molar-refractivity contribution is 6.30. The van der Waals surface area contributed by atoms with Gasteiger partial charge in [0.15, 0.2) is 11.5 Å². The maximum Gasteiger partial charge on any atom is 0.407 e. The fraction of sp³-hybridized carbons (Fsp3) is 0.487.